The van der Waals surface area contributed by atoms with E-state index in [-0.39, 0.29) is 11.7 Å². The molecule has 0 saturated carbocycles. The van der Waals surface area contributed by atoms with E-state index in [1.165, 1.54) is 12.4 Å². The van der Waals surface area contributed by atoms with Crippen LogP contribution in [0.2, 0.25) is 0 Å². The molecule has 1 unspecified atom stereocenters. The second kappa shape index (κ2) is 9.21. The third kappa shape index (κ3) is 4.48. The summed E-state index contributed by atoms with van der Waals surface area (Å²) in [6, 6.07) is 9.70. The number of nitriles is 1. The van der Waals surface area contributed by atoms with Crippen molar-refractivity contribution in [1.29, 1.82) is 5.26 Å². The average Bonchev–Trinajstić information content (AvgIpc) is 3.26. The molecular formula is C20H22N8O2. The van der Waals surface area contributed by atoms with Crippen LogP contribution in [0.4, 0.5) is 11.6 Å². The van der Waals surface area contributed by atoms with Crippen LogP contribution in [0.15, 0.2) is 36.7 Å². The predicted molar refractivity (Wildman–Crippen MR) is 111 cm³/mol. The summed E-state index contributed by atoms with van der Waals surface area (Å²) in [6.07, 6.45) is 2.88. The molecule has 1 saturated heterocycles. The highest BCUT2D eigenvalue weighted by Gasteiger charge is 2.18. The summed E-state index contributed by atoms with van der Waals surface area (Å²) in [4.78, 5) is 8.14. The molecule has 154 valence electrons. The van der Waals surface area contributed by atoms with Gasteiger partial charge < -0.3 is 25.4 Å². The van der Waals surface area contributed by atoms with Gasteiger partial charge in [-0.1, -0.05) is 6.07 Å². The molecule has 3 aromatic rings. The van der Waals surface area contributed by atoms with Gasteiger partial charge in [0.2, 0.25) is 0 Å². The lowest BCUT2D eigenvalue weighted by atomic mass is 10.1. The first-order valence-electron chi connectivity index (χ1n) is 9.55. The average molecular weight is 406 g/mol. The summed E-state index contributed by atoms with van der Waals surface area (Å²) in [6.45, 7) is 3.29. The van der Waals surface area contributed by atoms with Crippen molar-refractivity contribution in [3.05, 3.63) is 42.4 Å². The minimum atomic E-state index is 0.242. The SMILES string of the molecule is COc1cccc(OCC2CNCCN2)c1-c1cc(Nc2cnc(C#N)cn2)n[nH]1. The third-order valence-corrected chi connectivity index (χ3v) is 4.64. The molecular weight excluding hydrogens is 384 g/mol. The Morgan fingerprint density at radius 3 is 2.83 bits per heavy atom. The minimum Gasteiger partial charge on any atom is -0.496 e. The van der Waals surface area contributed by atoms with Gasteiger partial charge in [0.25, 0.3) is 0 Å². The van der Waals surface area contributed by atoms with E-state index < -0.39 is 0 Å². The monoisotopic (exact) mass is 406 g/mol. The van der Waals surface area contributed by atoms with E-state index in [0.29, 0.717) is 29.7 Å². The summed E-state index contributed by atoms with van der Waals surface area (Å²) in [5, 5.41) is 26.0. The smallest absolute Gasteiger partial charge is 0.158 e. The van der Waals surface area contributed by atoms with Crippen LogP contribution in [0.5, 0.6) is 11.5 Å². The Balaban J connectivity index is 1.54. The van der Waals surface area contributed by atoms with Gasteiger partial charge in [-0.2, -0.15) is 10.4 Å². The second-order valence-corrected chi connectivity index (χ2v) is 6.69. The summed E-state index contributed by atoms with van der Waals surface area (Å²) >= 11 is 0. The van der Waals surface area contributed by atoms with Gasteiger partial charge in [0, 0.05) is 25.7 Å². The van der Waals surface area contributed by atoms with Gasteiger partial charge in [-0.05, 0) is 12.1 Å². The number of anilines is 2. The summed E-state index contributed by atoms with van der Waals surface area (Å²) in [7, 11) is 1.62. The van der Waals surface area contributed by atoms with E-state index in [9.17, 15) is 0 Å². The molecule has 0 amide bonds. The number of hydrogen-bond acceptors (Lipinski definition) is 9. The fourth-order valence-corrected chi connectivity index (χ4v) is 3.18. The lowest BCUT2D eigenvalue weighted by molar-refractivity contribution is 0.247. The number of hydrogen-bond donors (Lipinski definition) is 4. The standard InChI is InChI=1S/C20H22N8O2/c1-29-16-3-2-4-17(30-12-14-9-22-5-6-23-14)20(16)15-7-18(28-27-15)26-19-11-24-13(8-21)10-25-19/h2-4,7,10-11,14,22-23H,5-6,9,12H2,1H3,(H2,25,26,27,28). The topological polar surface area (TPSA) is 133 Å². The maximum atomic E-state index is 8.83. The molecule has 10 heteroatoms. The van der Waals surface area contributed by atoms with Crippen molar-refractivity contribution in [1.82, 2.24) is 30.8 Å². The molecule has 0 spiro atoms. The van der Waals surface area contributed by atoms with E-state index in [4.69, 9.17) is 14.7 Å². The Morgan fingerprint density at radius 1 is 1.20 bits per heavy atom. The van der Waals surface area contributed by atoms with Gasteiger partial charge in [-0.15, -0.1) is 0 Å². The van der Waals surface area contributed by atoms with Crippen molar-refractivity contribution < 1.29 is 9.47 Å². The molecule has 1 aromatic carbocycles. The Bertz CT molecular complexity index is 1020. The highest BCUT2D eigenvalue weighted by molar-refractivity contribution is 5.76. The van der Waals surface area contributed by atoms with Gasteiger partial charge >= 0.3 is 0 Å². The van der Waals surface area contributed by atoms with E-state index in [1.807, 2.05) is 30.3 Å². The van der Waals surface area contributed by atoms with Crippen LogP contribution in [0.1, 0.15) is 5.69 Å². The number of ether oxygens (including phenoxy) is 2. The zero-order valence-corrected chi connectivity index (χ0v) is 16.5. The van der Waals surface area contributed by atoms with Crippen molar-refractivity contribution in [3.63, 3.8) is 0 Å². The second-order valence-electron chi connectivity index (χ2n) is 6.69. The number of aromatic amines is 1. The zero-order chi connectivity index (χ0) is 20.8. The summed E-state index contributed by atoms with van der Waals surface area (Å²) in [5.74, 6) is 2.42. The largest absolute Gasteiger partial charge is 0.496 e. The summed E-state index contributed by atoms with van der Waals surface area (Å²) < 4.78 is 11.7. The number of nitrogens with zero attached hydrogens (tertiary/aromatic N) is 4. The number of benzene rings is 1. The molecule has 0 bridgehead atoms. The van der Waals surface area contributed by atoms with Crippen LogP contribution >= 0.6 is 0 Å². The van der Waals surface area contributed by atoms with Crippen LogP contribution in [0.25, 0.3) is 11.3 Å². The summed E-state index contributed by atoms with van der Waals surface area (Å²) in [5.41, 5.74) is 1.78. The Morgan fingerprint density at radius 2 is 2.10 bits per heavy atom. The minimum absolute atomic E-state index is 0.242. The molecule has 1 atom stereocenters. The highest BCUT2D eigenvalue weighted by Crippen LogP contribution is 2.38. The third-order valence-electron chi connectivity index (χ3n) is 4.64. The fourth-order valence-electron chi connectivity index (χ4n) is 3.18. The van der Waals surface area contributed by atoms with E-state index >= 15 is 0 Å². The van der Waals surface area contributed by atoms with Crippen LogP contribution in [-0.2, 0) is 0 Å². The highest BCUT2D eigenvalue weighted by atomic mass is 16.5. The molecule has 1 aliphatic rings. The zero-order valence-electron chi connectivity index (χ0n) is 16.5. The molecule has 1 aliphatic heterocycles. The van der Waals surface area contributed by atoms with Crippen molar-refractivity contribution in [2.45, 2.75) is 6.04 Å². The van der Waals surface area contributed by atoms with Crippen LogP contribution in [-0.4, -0.2) is 59.6 Å². The normalized spacial score (nSPS) is 15.9. The van der Waals surface area contributed by atoms with Crippen molar-refractivity contribution >= 4 is 11.6 Å². The van der Waals surface area contributed by atoms with Crippen LogP contribution < -0.4 is 25.4 Å². The Labute approximate surface area is 173 Å². The van der Waals surface area contributed by atoms with Crippen molar-refractivity contribution in [2.24, 2.45) is 0 Å². The number of nitrogens with one attached hydrogen (secondary N) is 4. The maximum absolute atomic E-state index is 8.83. The number of piperazine rings is 1. The van der Waals surface area contributed by atoms with E-state index in [2.05, 4.69) is 36.1 Å². The van der Waals surface area contributed by atoms with Crippen molar-refractivity contribution in [2.75, 3.05) is 38.7 Å². The Kier molecular flexibility index (Phi) is 6.03. The maximum Gasteiger partial charge on any atom is 0.158 e. The number of H-pyrrole nitrogens is 1. The first-order valence-corrected chi connectivity index (χ1v) is 9.55. The molecule has 10 nitrogen and oxygen atoms in total. The molecule has 3 heterocycles. The van der Waals surface area contributed by atoms with Gasteiger partial charge in [0.1, 0.15) is 30.0 Å². The number of aromatic nitrogens is 4. The van der Waals surface area contributed by atoms with Crippen LogP contribution in [0, 0.1) is 11.3 Å². The van der Waals surface area contributed by atoms with Gasteiger partial charge in [0.15, 0.2) is 11.5 Å². The van der Waals surface area contributed by atoms with Gasteiger partial charge in [-0.25, -0.2) is 9.97 Å². The number of methoxy groups -OCH3 is 1. The Hall–Kier alpha value is -3.68. The molecule has 4 N–H and O–H groups in total. The van der Waals surface area contributed by atoms with Gasteiger partial charge in [-0.3, -0.25) is 5.10 Å². The van der Waals surface area contributed by atoms with Crippen molar-refractivity contribution in [3.8, 4) is 28.8 Å². The van der Waals surface area contributed by atoms with E-state index in [0.717, 1.165) is 30.9 Å². The van der Waals surface area contributed by atoms with Gasteiger partial charge in [0.05, 0.1) is 36.8 Å². The quantitative estimate of drug-likeness (QED) is 0.460. The molecule has 1 fully saturated rings. The van der Waals surface area contributed by atoms with E-state index in [1.54, 1.807) is 7.11 Å². The lowest BCUT2D eigenvalue weighted by Gasteiger charge is -2.25. The molecule has 2 aromatic heterocycles. The molecule has 30 heavy (non-hydrogen) atoms. The number of rotatable bonds is 7. The lowest BCUT2D eigenvalue weighted by Crippen LogP contribution is -2.51. The molecule has 0 radical (unpaired) electrons. The fraction of sp³-hybridized carbons (Fsp3) is 0.300. The van der Waals surface area contributed by atoms with Crippen LogP contribution in [0.3, 0.4) is 0 Å². The first-order chi connectivity index (χ1) is 14.8. The first kappa shape index (κ1) is 19.6. The predicted octanol–water partition coefficient (Wildman–Crippen LogP) is 1.43. The molecule has 4 rings (SSSR count). The molecule has 0 aliphatic carbocycles.